The smallest absolute Gasteiger partial charge is 0.244 e. The number of hydrogen-bond donors (Lipinski definition) is 1. The highest BCUT2D eigenvalue weighted by Gasteiger charge is 2.32. The van der Waals surface area contributed by atoms with Crippen LogP contribution in [-0.2, 0) is 16.6 Å². The van der Waals surface area contributed by atoms with E-state index in [9.17, 15) is 8.42 Å². The Labute approximate surface area is 119 Å². The van der Waals surface area contributed by atoms with Crippen molar-refractivity contribution in [1.82, 2.24) is 4.31 Å². The van der Waals surface area contributed by atoms with Crippen LogP contribution in [-0.4, -0.2) is 25.8 Å². The van der Waals surface area contributed by atoms with Gasteiger partial charge in [0.15, 0.2) is 0 Å². The van der Waals surface area contributed by atoms with Crippen molar-refractivity contribution in [2.45, 2.75) is 31.2 Å². The average Bonchev–Trinajstić information content (AvgIpc) is 2.87. The van der Waals surface area contributed by atoms with Crippen LogP contribution in [0.15, 0.2) is 23.1 Å². The maximum atomic E-state index is 12.5. The lowest BCUT2D eigenvalue weighted by molar-refractivity contribution is 0.453. The molecule has 2 rings (SSSR count). The van der Waals surface area contributed by atoms with Crippen LogP contribution in [0.25, 0.3) is 0 Å². The number of halogens is 1. The zero-order valence-electron chi connectivity index (χ0n) is 11.0. The Hall–Kier alpha value is -0.620. The Bertz CT molecular complexity index is 560. The first kappa shape index (κ1) is 14.8. The normalized spacial score (nSPS) is 20.9. The van der Waals surface area contributed by atoms with Crippen molar-refractivity contribution in [3.63, 3.8) is 0 Å². The second-order valence-corrected chi connectivity index (χ2v) is 7.21. The van der Waals surface area contributed by atoms with Gasteiger partial charge in [-0.25, -0.2) is 8.42 Å². The maximum absolute atomic E-state index is 12.5. The third-order valence-electron chi connectivity index (χ3n) is 3.68. The van der Waals surface area contributed by atoms with Gasteiger partial charge in [0.2, 0.25) is 10.0 Å². The predicted octanol–water partition coefficient (Wildman–Crippen LogP) is 2.22. The Balaban J connectivity index is 2.30. The van der Waals surface area contributed by atoms with Crippen LogP contribution in [0.4, 0.5) is 0 Å². The van der Waals surface area contributed by atoms with Crippen molar-refractivity contribution in [3.8, 4) is 0 Å². The van der Waals surface area contributed by atoms with Gasteiger partial charge in [-0.15, -0.1) is 0 Å². The zero-order chi connectivity index (χ0) is 14.0. The first-order valence-electron chi connectivity index (χ1n) is 6.47. The van der Waals surface area contributed by atoms with E-state index in [0.29, 0.717) is 25.6 Å². The fourth-order valence-electron chi connectivity index (χ4n) is 2.37. The van der Waals surface area contributed by atoms with Gasteiger partial charge in [-0.3, -0.25) is 0 Å². The van der Waals surface area contributed by atoms with E-state index in [1.54, 1.807) is 18.2 Å². The molecule has 1 saturated heterocycles. The summed E-state index contributed by atoms with van der Waals surface area (Å²) in [6.45, 7) is 3.61. The molecule has 19 heavy (non-hydrogen) atoms. The van der Waals surface area contributed by atoms with E-state index in [0.717, 1.165) is 18.4 Å². The first-order chi connectivity index (χ1) is 8.98. The van der Waals surface area contributed by atoms with Gasteiger partial charge in [0, 0.05) is 19.6 Å². The summed E-state index contributed by atoms with van der Waals surface area (Å²) in [5.41, 5.74) is 6.35. The SMILES string of the molecule is CCC1CCN(S(=O)(=O)c2ccc(CN)cc2Cl)C1. The van der Waals surface area contributed by atoms with E-state index < -0.39 is 10.0 Å². The predicted molar refractivity (Wildman–Crippen MR) is 76.5 cm³/mol. The second kappa shape index (κ2) is 5.79. The Morgan fingerprint density at radius 2 is 2.21 bits per heavy atom. The molecular formula is C13H19ClN2O2S. The highest BCUT2D eigenvalue weighted by atomic mass is 35.5. The number of benzene rings is 1. The minimum Gasteiger partial charge on any atom is -0.326 e. The van der Waals surface area contributed by atoms with Gasteiger partial charge in [-0.1, -0.05) is 31.0 Å². The van der Waals surface area contributed by atoms with Crippen molar-refractivity contribution in [1.29, 1.82) is 0 Å². The Morgan fingerprint density at radius 1 is 1.47 bits per heavy atom. The molecule has 6 heteroatoms. The van der Waals surface area contributed by atoms with E-state index in [-0.39, 0.29) is 9.92 Å². The third-order valence-corrected chi connectivity index (χ3v) is 6.02. The summed E-state index contributed by atoms with van der Waals surface area (Å²) in [6, 6.07) is 4.90. The number of rotatable bonds is 4. The van der Waals surface area contributed by atoms with Crippen LogP contribution < -0.4 is 5.73 Å². The summed E-state index contributed by atoms with van der Waals surface area (Å²) in [7, 11) is -3.48. The summed E-state index contributed by atoms with van der Waals surface area (Å²) >= 11 is 6.08. The molecule has 1 fully saturated rings. The van der Waals surface area contributed by atoms with Crippen LogP contribution in [0.2, 0.25) is 5.02 Å². The van der Waals surface area contributed by atoms with Crippen molar-refractivity contribution in [3.05, 3.63) is 28.8 Å². The molecule has 0 bridgehead atoms. The lowest BCUT2D eigenvalue weighted by Crippen LogP contribution is -2.29. The quantitative estimate of drug-likeness (QED) is 0.927. The van der Waals surface area contributed by atoms with Gasteiger partial charge in [-0.2, -0.15) is 4.31 Å². The van der Waals surface area contributed by atoms with E-state index in [2.05, 4.69) is 6.92 Å². The summed E-state index contributed by atoms with van der Waals surface area (Å²) in [5, 5.41) is 0.253. The molecule has 0 radical (unpaired) electrons. The molecule has 0 aromatic heterocycles. The molecule has 0 saturated carbocycles. The summed E-state index contributed by atoms with van der Waals surface area (Å²) in [6.07, 6.45) is 1.93. The standard InChI is InChI=1S/C13H19ClN2O2S/c1-2-10-5-6-16(9-10)19(17,18)13-4-3-11(8-15)7-12(13)14/h3-4,7,10H,2,5-6,8-9,15H2,1H3. The van der Waals surface area contributed by atoms with Crippen LogP contribution in [0.5, 0.6) is 0 Å². The Kier molecular flexibility index (Phi) is 4.50. The number of sulfonamides is 1. The van der Waals surface area contributed by atoms with Crippen LogP contribution >= 0.6 is 11.6 Å². The minimum absolute atomic E-state index is 0.183. The van der Waals surface area contributed by atoms with Crippen LogP contribution in [0, 0.1) is 5.92 Å². The molecule has 0 spiro atoms. The summed E-state index contributed by atoms with van der Waals surface area (Å²) in [5.74, 6) is 0.455. The fourth-order valence-corrected chi connectivity index (χ4v) is 4.44. The van der Waals surface area contributed by atoms with Crippen LogP contribution in [0.3, 0.4) is 0 Å². The first-order valence-corrected chi connectivity index (χ1v) is 8.29. The molecule has 0 aliphatic carbocycles. The van der Waals surface area contributed by atoms with Gasteiger partial charge in [0.05, 0.1) is 5.02 Å². The van der Waals surface area contributed by atoms with Crippen molar-refractivity contribution >= 4 is 21.6 Å². The van der Waals surface area contributed by atoms with Crippen molar-refractivity contribution in [2.75, 3.05) is 13.1 Å². The van der Waals surface area contributed by atoms with Gasteiger partial charge >= 0.3 is 0 Å². The van der Waals surface area contributed by atoms with Gasteiger partial charge in [0.1, 0.15) is 4.90 Å². The molecule has 1 unspecified atom stereocenters. The number of nitrogens with zero attached hydrogens (tertiary/aromatic N) is 1. The number of nitrogens with two attached hydrogens (primary N) is 1. The van der Waals surface area contributed by atoms with Gasteiger partial charge < -0.3 is 5.73 Å². The molecule has 1 aliphatic rings. The van der Waals surface area contributed by atoms with Gasteiger partial charge in [-0.05, 0) is 30.0 Å². The summed E-state index contributed by atoms with van der Waals surface area (Å²) < 4.78 is 26.6. The number of hydrogen-bond acceptors (Lipinski definition) is 3. The van der Waals surface area contributed by atoms with Crippen molar-refractivity contribution in [2.24, 2.45) is 11.7 Å². The molecule has 1 aromatic carbocycles. The molecular weight excluding hydrogens is 284 g/mol. The van der Waals surface area contributed by atoms with Crippen molar-refractivity contribution < 1.29 is 8.42 Å². The third kappa shape index (κ3) is 2.94. The summed E-state index contributed by atoms with van der Waals surface area (Å²) in [4.78, 5) is 0.183. The van der Waals surface area contributed by atoms with Gasteiger partial charge in [0.25, 0.3) is 0 Å². The van der Waals surface area contributed by atoms with E-state index >= 15 is 0 Å². The monoisotopic (exact) mass is 302 g/mol. The second-order valence-electron chi connectivity index (χ2n) is 4.89. The van der Waals surface area contributed by atoms with E-state index in [4.69, 9.17) is 17.3 Å². The highest BCUT2D eigenvalue weighted by Crippen LogP contribution is 2.30. The average molecular weight is 303 g/mol. The van der Waals surface area contributed by atoms with E-state index in [1.807, 2.05) is 0 Å². The lowest BCUT2D eigenvalue weighted by Gasteiger charge is -2.17. The van der Waals surface area contributed by atoms with E-state index in [1.165, 1.54) is 4.31 Å². The topological polar surface area (TPSA) is 63.4 Å². The zero-order valence-corrected chi connectivity index (χ0v) is 12.5. The minimum atomic E-state index is -3.48. The maximum Gasteiger partial charge on any atom is 0.244 e. The molecule has 106 valence electrons. The van der Waals surface area contributed by atoms with Crippen LogP contribution in [0.1, 0.15) is 25.3 Å². The fraction of sp³-hybridized carbons (Fsp3) is 0.538. The molecule has 0 amide bonds. The molecule has 1 aliphatic heterocycles. The largest absolute Gasteiger partial charge is 0.326 e. The lowest BCUT2D eigenvalue weighted by atomic mass is 10.1. The molecule has 1 heterocycles. The molecule has 4 nitrogen and oxygen atoms in total. The molecule has 2 N–H and O–H groups in total. The molecule has 1 atom stereocenters. The highest BCUT2D eigenvalue weighted by molar-refractivity contribution is 7.89. The molecule has 1 aromatic rings. The Morgan fingerprint density at radius 3 is 2.74 bits per heavy atom.